The lowest BCUT2D eigenvalue weighted by Gasteiger charge is -2.12. The Morgan fingerprint density at radius 3 is 2.59 bits per heavy atom. The molecule has 1 unspecified atom stereocenters. The second-order valence-corrected chi connectivity index (χ2v) is 4.26. The number of rotatable bonds is 3. The van der Waals surface area contributed by atoms with Crippen molar-refractivity contribution in [1.82, 2.24) is 4.98 Å². The Hall–Kier alpha value is -1.45. The minimum Gasteiger partial charge on any atom is -0.324 e. The topological polar surface area (TPSA) is 38.9 Å². The molecule has 1 heterocycles. The third kappa shape index (κ3) is 3.02. The van der Waals surface area contributed by atoms with Crippen LogP contribution in [0.1, 0.15) is 17.2 Å². The van der Waals surface area contributed by atoms with Gasteiger partial charge in [0.1, 0.15) is 5.82 Å². The number of pyridine rings is 1. The lowest BCUT2D eigenvalue weighted by Crippen LogP contribution is -2.14. The molecule has 0 amide bonds. The van der Waals surface area contributed by atoms with Crippen LogP contribution in [0.2, 0.25) is 5.02 Å². The van der Waals surface area contributed by atoms with Crippen molar-refractivity contribution in [2.45, 2.75) is 12.5 Å². The van der Waals surface area contributed by atoms with Crippen LogP contribution in [-0.4, -0.2) is 4.98 Å². The van der Waals surface area contributed by atoms with Crippen LogP contribution in [0.5, 0.6) is 0 Å². The second kappa shape index (κ2) is 5.25. The lowest BCUT2D eigenvalue weighted by molar-refractivity contribution is 0.593. The molecule has 17 heavy (non-hydrogen) atoms. The van der Waals surface area contributed by atoms with Crippen molar-refractivity contribution in [3.05, 3.63) is 64.7 Å². The fraction of sp³-hybridized carbons (Fsp3) is 0.154. The average molecular weight is 251 g/mol. The first-order valence-corrected chi connectivity index (χ1v) is 5.64. The zero-order valence-corrected chi connectivity index (χ0v) is 9.86. The molecule has 1 aromatic heterocycles. The summed E-state index contributed by atoms with van der Waals surface area (Å²) in [5.74, 6) is -0.318. The van der Waals surface area contributed by atoms with Gasteiger partial charge in [-0.25, -0.2) is 4.39 Å². The highest BCUT2D eigenvalue weighted by Gasteiger charge is 2.10. The van der Waals surface area contributed by atoms with Gasteiger partial charge in [0, 0.05) is 23.5 Å². The summed E-state index contributed by atoms with van der Waals surface area (Å²) in [6.45, 7) is 0. The second-order valence-electron chi connectivity index (χ2n) is 3.83. The molecule has 2 N–H and O–H groups in total. The largest absolute Gasteiger partial charge is 0.324 e. The van der Waals surface area contributed by atoms with E-state index in [1.807, 2.05) is 12.1 Å². The zero-order valence-electron chi connectivity index (χ0n) is 9.11. The summed E-state index contributed by atoms with van der Waals surface area (Å²) >= 11 is 5.69. The van der Waals surface area contributed by atoms with Gasteiger partial charge in [-0.3, -0.25) is 4.98 Å². The van der Waals surface area contributed by atoms with Crippen LogP contribution >= 0.6 is 11.6 Å². The van der Waals surface area contributed by atoms with Crippen molar-refractivity contribution in [1.29, 1.82) is 0 Å². The van der Waals surface area contributed by atoms with Crippen molar-refractivity contribution < 1.29 is 4.39 Å². The van der Waals surface area contributed by atoms with E-state index in [2.05, 4.69) is 4.98 Å². The number of hydrogen-bond acceptors (Lipinski definition) is 2. The normalized spacial score (nSPS) is 12.4. The van der Waals surface area contributed by atoms with E-state index in [9.17, 15) is 4.39 Å². The summed E-state index contributed by atoms with van der Waals surface area (Å²) in [4.78, 5) is 3.92. The Morgan fingerprint density at radius 1 is 1.24 bits per heavy atom. The minimum absolute atomic E-state index is 0.242. The van der Waals surface area contributed by atoms with Crippen LogP contribution in [0.25, 0.3) is 0 Å². The van der Waals surface area contributed by atoms with Gasteiger partial charge < -0.3 is 5.73 Å². The zero-order chi connectivity index (χ0) is 12.3. The molecule has 88 valence electrons. The summed E-state index contributed by atoms with van der Waals surface area (Å²) in [5, 5.41) is 0.392. The maximum atomic E-state index is 13.6. The van der Waals surface area contributed by atoms with Crippen molar-refractivity contribution in [3.8, 4) is 0 Å². The number of nitrogens with two attached hydrogens (primary N) is 1. The Balaban J connectivity index is 2.16. The Bertz CT molecular complexity index is 502. The highest BCUT2D eigenvalue weighted by molar-refractivity contribution is 6.30. The SMILES string of the molecule is NC(Cc1ccc(Cl)cc1F)c1ccncc1. The maximum absolute atomic E-state index is 13.6. The van der Waals surface area contributed by atoms with Crippen LogP contribution in [0.15, 0.2) is 42.7 Å². The predicted molar refractivity (Wildman–Crippen MR) is 66.3 cm³/mol. The highest BCUT2D eigenvalue weighted by atomic mass is 35.5. The molecule has 0 saturated carbocycles. The van der Waals surface area contributed by atoms with Gasteiger partial charge in [0.25, 0.3) is 0 Å². The van der Waals surface area contributed by atoms with Gasteiger partial charge in [-0.2, -0.15) is 0 Å². The van der Waals surface area contributed by atoms with E-state index in [4.69, 9.17) is 17.3 Å². The average Bonchev–Trinajstić information content (AvgIpc) is 2.34. The molecule has 2 nitrogen and oxygen atoms in total. The van der Waals surface area contributed by atoms with Crippen LogP contribution < -0.4 is 5.73 Å². The van der Waals surface area contributed by atoms with Crippen LogP contribution in [0.3, 0.4) is 0 Å². The highest BCUT2D eigenvalue weighted by Crippen LogP contribution is 2.20. The van der Waals surface area contributed by atoms with E-state index in [0.29, 0.717) is 17.0 Å². The Kier molecular flexibility index (Phi) is 3.71. The first kappa shape index (κ1) is 12.0. The lowest BCUT2D eigenvalue weighted by atomic mass is 10.0. The van der Waals surface area contributed by atoms with Gasteiger partial charge in [0.2, 0.25) is 0 Å². The molecular weight excluding hydrogens is 239 g/mol. The molecule has 0 aliphatic heterocycles. The number of benzene rings is 1. The van der Waals surface area contributed by atoms with Gasteiger partial charge in [-0.1, -0.05) is 17.7 Å². The third-order valence-corrected chi connectivity index (χ3v) is 2.82. The molecule has 0 bridgehead atoms. The fourth-order valence-electron chi connectivity index (χ4n) is 1.65. The van der Waals surface area contributed by atoms with Crippen molar-refractivity contribution in [2.75, 3.05) is 0 Å². The first-order valence-electron chi connectivity index (χ1n) is 5.26. The fourth-order valence-corrected chi connectivity index (χ4v) is 1.81. The molecule has 0 aliphatic rings. The molecule has 1 aromatic carbocycles. The van der Waals surface area contributed by atoms with Gasteiger partial charge in [-0.15, -0.1) is 0 Å². The van der Waals surface area contributed by atoms with Crippen molar-refractivity contribution in [3.63, 3.8) is 0 Å². The number of aromatic nitrogens is 1. The molecule has 4 heteroatoms. The molecule has 0 spiro atoms. The van der Waals surface area contributed by atoms with E-state index < -0.39 is 0 Å². The number of nitrogens with zero attached hydrogens (tertiary/aromatic N) is 1. The molecule has 0 fully saturated rings. The number of hydrogen-bond donors (Lipinski definition) is 1. The van der Waals surface area contributed by atoms with Gasteiger partial charge >= 0.3 is 0 Å². The predicted octanol–water partition coefficient (Wildman–Crippen LogP) is 3.12. The standard InChI is InChI=1S/C13H12ClFN2/c14-11-2-1-10(12(15)8-11)7-13(16)9-3-5-17-6-4-9/h1-6,8,13H,7,16H2. The van der Waals surface area contributed by atoms with Crippen LogP contribution in [-0.2, 0) is 6.42 Å². The summed E-state index contributed by atoms with van der Waals surface area (Å²) < 4.78 is 13.6. The molecule has 0 saturated heterocycles. The van der Waals surface area contributed by atoms with E-state index >= 15 is 0 Å². The van der Waals surface area contributed by atoms with E-state index in [0.717, 1.165) is 5.56 Å². The van der Waals surface area contributed by atoms with E-state index in [1.54, 1.807) is 24.5 Å². The Morgan fingerprint density at radius 2 is 1.94 bits per heavy atom. The van der Waals surface area contributed by atoms with Crippen LogP contribution in [0.4, 0.5) is 4.39 Å². The van der Waals surface area contributed by atoms with E-state index in [-0.39, 0.29) is 11.9 Å². The quantitative estimate of drug-likeness (QED) is 0.909. The first-order chi connectivity index (χ1) is 8.16. The van der Waals surface area contributed by atoms with Crippen LogP contribution in [0, 0.1) is 5.82 Å². The third-order valence-electron chi connectivity index (χ3n) is 2.59. The molecule has 2 rings (SSSR count). The molecule has 2 aromatic rings. The van der Waals surface area contributed by atoms with Crippen molar-refractivity contribution in [2.24, 2.45) is 5.73 Å². The molecule has 0 aliphatic carbocycles. The monoisotopic (exact) mass is 250 g/mol. The molecule has 0 radical (unpaired) electrons. The summed E-state index contributed by atoms with van der Waals surface area (Å²) in [6, 6.07) is 8.05. The van der Waals surface area contributed by atoms with Crippen molar-refractivity contribution >= 4 is 11.6 Å². The van der Waals surface area contributed by atoms with Gasteiger partial charge in [-0.05, 0) is 41.8 Å². The van der Waals surface area contributed by atoms with Gasteiger partial charge in [0.05, 0.1) is 0 Å². The van der Waals surface area contributed by atoms with Gasteiger partial charge in [0.15, 0.2) is 0 Å². The number of halogens is 2. The van der Waals surface area contributed by atoms with E-state index in [1.165, 1.54) is 6.07 Å². The maximum Gasteiger partial charge on any atom is 0.127 e. The summed E-state index contributed by atoms with van der Waals surface area (Å²) in [5.41, 5.74) is 7.51. The minimum atomic E-state index is -0.318. The molecule has 1 atom stereocenters. The Labute approximate surface area is 104 Å². The summed E-state index contributed by atoms with van der Waals surface area (Å²) in [7, 11) is 0. The smallest absolute Gasteiger partial charge is 0.127 e. The summed E-state index contributed by atoms with van der Waals surface area (Å²) in [6.07, 6.45) is 3.79. The molecular formula is C13H12ClFN2.